The minimum atomic E-state index is -0.833. The lowest BCUT2D eigenvalue weighted by Crippen LogP contribution is -2.05. The van der Waals surface area contributed by atoms with Crippen molar-refractivity contribution in [1.82, 2.24) is 0 Å². The third kappa shape index (κ3) is 111. The average molecular weight is 135 g/mol. The first-order valence-electron chi connectivity index (χ1n) is 2.53. The minimum Gasteiger partial charge on any atom is -0.481 e. The first-order chi connectivity index (χ1) is 4.15. The summed E-state index contributed by atoms with van der Waals surface area (Å²) in [5.74, 6) is -0.833. The van der Waals surface area contributed by atoms with E-state index in [2.05, 4.69) is 4.74 Å². The van der Waals surface area contributed by atoms with E-state index in [1.807, 2.05) is 0 Å². The molecule has 0 aromatic rings. The quantitative estimate of drug-likeness (QED) is 0.544. The number of ether oxygens (including phenoxy) is 1. The summed E-state index contributed by atoms with van der Waals surface area (Å²) in [4.78, 5) is 9.00. The zero-order chi connectivity index (χ0) is 7.70. The molecule has 0 spiro atoms. The van der Waals surface area contributed by atoms with Gasteiger partial charge in [-0.3, -0.25) is 4.79 Å². The Hall–Kier alpha value is -0.610. The van der Waals surface area contributed by atoms with E-state index in [1.54, 1.807) is 7.11 Å². The molecule has 0 fully saturated rings. The van der Waals surface area contributed by atoms with E-state index in [0.29, 0.717) is 13.2 Å². The molecule has 0 rings (SSSR count). The van der Waals surface area contributed by atoms with Crippen LogP contribution < -0.4 is 5.73 Å². The SMILES string of the molecule is CC(=O)O.COCCN. The van der Waals surface area contributed by atoms with Gasteiger partial charge in [0.25, 0.3) is 5.97 Å². The normalized spacial score (nSPS) is 7.44. The number of carboxylic acids is 1. The van der Waals surface area contributed by atoms with Crippen LogP contribution in [0.4, 0.5) is 0 Å². The third-order valence-corrected chi connectivity index (χ3v) is 0.322. The Kier molecular flexibility index (Phi) is 13.0. The number of methoxy groups -OCH3 is 1. The van der Waals surface area contributed by atoms with Crippen LogP contribution in [-0.4, -0.2) is 31.3 Å². The molecular formula is C5H13NO3. The van der Waals surface area contributed by atoms with Gasteiger partial charge in [-0.1, -0.05) is 0 Å². The van der Waals surface area contributed by atoms with Gasteiger partial charge >= 0.3 is 0 Å². The predicted octanol–water partition coefficient (Wildman–Crippen LogP) is -0.318. The van der Waals surface area contributed by atoms with Gasteiger partial charge in [0, 0.05) is 20.6 Å². The minimum absolute atomic E-state index is 0.622. The van der Waals surface area contributed by atoms with E-state index in [1.165, 1.54) is 0 Å². The molecule has 0 unspecified atom stereocenters. The summed E-state index contributed by atoms with van der Waals surface area (Å²) in [5, 5.41) is 7.42. The maximum atomic E-state index is 9.00. The first kappa shape index (κ1) is 11.2. The lowest BCUT2D eigenvalue weighted by molar-refractivity contribution is -0.134. The molecule has 0 radical (unpaired) electrons. The van der Waals surface area contributed by atoms with Gasteiger partial charge < -0.3 is 15.6 Å². The van der Waals surface area contributed by atoms with E-state index < -0.39 is 5.97 Å². The Labute approximate surface area is 54.6 Å². The number of hydrogen-bond acceptors (Lipinski definition) is 3. The summed E-state index contributed by atoms with van der Waals surface area (Å²) in [6.07, 6.45) is 0. The number of carbonyl (C=O) groups is 1. The molecule has 56 valence electrons. The van der Waals surface area contributed by atoms with Crippen molar-refractivity contribution in [2.75, 3.05) is 20.3 Å². The van der Waals surface area contributed by atoms with Crippen LogP contribution in [0, 0.1) is 0 Å². The Bertz CT molecular complexity index is 59.2. The molecule has 0 saturated carbocycles. The summed E-state index contributed by atoms with van der Waals surface area (Å²) in [7, 11) is 1.63. The first-order valence-corrected chi connectivity index (χ1v) is 2.53. The van der Waals surface area contributed by atoms with Gasteiger partial charge in [0.05, 0.1) is 6.61 Å². The smallest absolute Gasteiger partial charge is 0.300 e. The number of nitrogens with two attached hydrogens (primary N) is 1. The molecule has 0 aromatic heterocycles. The van der Waals surface area contributed by atoms with Gasteiger partial charge in [-0.15, -0.1) is 0 Å². The molecule has 0 aliphatic carbocycles. The highest BCUT2D eigenvalue weighted by Crippen LogP contribution is 1.53. The van der Waals surface area contributed by atoms with Crippen molar-refractivity contribution < 1.29 is 14.6 Å². The Balaban J connectivity index is 0. The Morgan fingerprint density at radius 3 is 2.11 bits per heavy atom. The maximum Gasteiger partial charge on any atom is 0.300 e. The van der Waals surface area contributed by atoms with E-state index in [0.717, 1.165) is 6.92 Å². The number of carboxylic acid groups (broad SMARTS) is 1. The molecule has 0 bridgehead atoms. The van der Waals surface area contributed by atoms with Crippen LogP contribution in [0.15, 0.2) is 0 Å². The third-order valence-electron chi connectivity index (χ3n) is 0.322. The average Bonchev–Trinajstić information content (AvgIpc) is 1.66. The lowest BCUT2D eigenvalue weighted by atomic mass is 10.7. The molecule has 0 aromatic carbocycles. The standard InChI is InChI=1S/C3H9NO.C2H4O2/c1-5-3-2-4;1-2(3)4/h2-4H2,1H3;1H3,(H,3,4). The molecule has 0 aliphatic heterocycles. The lowest BCUT2D eigenvalue weighted by Gasteiger charge is -1.85. The van der Waals surface area contributed by atoms with Crippen LogP contribution in [0.3, 0.4) is 0 Å². The van der Waals surface area contributed by atoms with Crippen LogP contribution in [0.25, 0.3) is 0 Å². The number of rotatable bonds is 2. The summed E-state index contributed by atoms with van der Waals surface area (Å²) < 4.78 is 4.57. The predicted molar refractivity (Wildman–Crippen MR) is 34.2 cm³/mol. The highest BCUT2D eigenvalue weighted by atomic mass is 16.5. The van der Waals surface area contributed by atoms with Crippen molar-refractivity contribution >= 4 is 5.97 Å². The van der Waals surface area contributed by atoms with Gasteiger partial charge in [-0.25, -0.2) is 0 Å². The molecule has 4 heteroatoms. The summed E-state index contributed by atoms with van der Waals surface area (Å²) in [5.41, 5.74) is 5.01. The van der Waals surface area contributed by atoms with E-state index >= 15 is 0 Å². The van der Waals surface area contributed by atoms with Gasteiger partial charge in [0.2, 0.25) is 0 Å². The molecule has 0 saturated heterocycles. The monoisotopic (exact) mass is 135 g/mol. The molecule has 0 heterocycles. The van der Waals surface area contributed by atoms with Crippen molar-refractivity contribution in [2.45, 2.75) is 6.92 Å². The summed E-state index contributed by atoms with van der Waals surface area (Å²) in [6, 6.07) is 0. The van der Waals surface area contributed by atoms with Crippen LogP contribution in [0.5, 0.6) is 0 Å². The van der Waals surface area contributed by atoms with Crippen LogP contribution in [0.1, 0.15) is 6.92 Å². The second kappa shape index (κ2) is 10.4. The van der Waals surface area contributed by atoms with Gasteiger partial charge in [0.1, 0.15) is 0 Å². The van der Waals surface area contributed by atoms with E-state index in [9.17, 15) is 0 Å². The fourth-order valence-electron chi connectivity index (χ4n) is 0.118. The molecular weight excluding hydrogens is 122 g/mol. The fraction of sp³-hybridized carbons (Fsp3) is 0.800. The molecule has 0 aliphatic rings. The van der Waals surface area contributed by atoms with Gasteiger partial charge in [0.15, 0.2) is 0 Å². The molecule has 3 N–H and O–H groups in total. The van der Waals surface area contributed by atoms with Gasteiger partial charge in [-0.2, -0.15) is 0 Å². The zero-order valence-electron chi connectivity index (χ0n) is 5.76. The number of hydrogen-bond donors (Lipinski definition) is 2. The van der Waals surface area contributed by atoms with Crippen LogP contribution in [-0.2, 0) is 9.53 Å². The van der Waals surface area contributed by atoms with Crippen LogP contribution in [0.2, 0.25) is 0 Å². The Morgan fingerprint density at radius 2 is 2.11 bits per heavy atom. The van der Waals surface area contributed by atoms with Crippen molar-refractivity contribution in [3.63, 3.8) is 0 Å². The van der Waals surface area contributed by atoms with Crippen molar-refractivity contribution in [2.24, 2.45) is 5.73 Å². The van der Waals surface area contributed by atoms with Crippen molar-refractivity contribution in [3.8, 4) is 0 Å². The zero-order valence-corrected chi connectivity index (χ0v) is 5.76. The summed E-state index contributed by atoms with van der Waals surface area (Å²) in [6.45, 7) is 2.37. The highest BCUT2D eigenvalue weighted by molar-refractivity contribution is 5.62. The Morgan fingerprint density at radius 1 is 1.78 bits per heavy atom. The molecule has 4 nitrogen and oxygen atoms in total. The van der Waals surface area contributed by atoms with Crippen LogP contribution >= 0.6 is 0 Å². The second-order valence-electron chi connectivity index (χ2n) is 1.30. The highest BCUT2D eigenvalue weighted by Gasteiger charge is 1.66. The largest absolute Gasteiger partial charge is 0.481 e. The second-order valence-corrected chi connectivity index (χ2v) is 1.30. The maximum absolute atomic E-state index is 9.00. The fourth-order valence-corrected chi connectivity index (χ4v) is 0.118. The van der Waals surface area contributed by atoms with E-state index in [-0.39, 0.29) is 0 Å². The van der Waals surface area contributed by atoms with E-state index in [4.69, 9.17) is 15.6 Å². The molecule has 0 amide bonds. The molecule has 0 atom stereocenters. The number of aliphatic carboxylic acids is 1. The van der Waals surface area contributed by atoms with Gasteiger partial charge in [-0.05, 0) is 0 Å². The summed E-state index contributed by atoms with van der Waals surface area (Å²) >= 11 is 0. The van der Waals surface area contributed by atoms with Crippen molar-refractivity contribution in [3.05, 3.63) is 0 Å². The van der Waals surface area contributed by atoms with Crippen molar-refractivity contribution in [1.29, 1.82) is 0 Å². The topological polar surface area (TPSA) is 72.5 Å². The molecule has 9 heavy (non-hydrogen) atoms.